The van der Waals surface area contributed by atoms with Crippen LogP contribution in [-0.2, 0) is 0 Å². The number of aromatic amines is 1. The molecule has 2 rings (SSSR count). The summed E-state index contributed by atoms with van der Waals surface area (Å²) in [6.45, 7) is 0. The van der Waals surface area contributed by atoms with Crippen LogP contribution in [-0.4, -0.2) is 9.97 Å². The predicted molar refractivity (Wildman–Crippen MR) is 57.4 cm³/mol. The van der Waals surface area contributed by atoms with Crippen molar-refractivity contribution in [2.75, 3.05) is 0 Å². The van der Waals surface area contributed by atoms with Gasteiger partial charge in [-0.2, -0.15) is 5.26 Å². The highest BCUT2D eigenvalue weighted by atomic mass is 32.1. The quantitative estimate of drug-likeness (QED) is 0.750. The summed E-state index contributed by atoms with van der Waals surface area (Å²) in [7, 11) is 0. The molecule has 0 fully saturated rings. The molecule has 0 saturated heterocycles. The van der Waals surface area contributed by atoms with Crippen molar-refractivity contribution in [3.8, 4) is 16.6 Å². The average Bonchev–Trinajstić information content (AvgIpc) is 2.70. The van der Waals surface area contributed by atoms with Crippen LogP contribution in [0.3, 0.4) is 0 Å². The molecular weight excluding hydrogens is 214 g/mol. The summed E-state index contributed by atoms with van der Waals surface area (Å²) in [6.07, 6.45) is 1.76. The molecule has 2 heterocycles. The Bertz CT molecular complexity index is 534. The summed E-state index contributed by atoms with van der Waals surface area (Å²) in [5.74, 6) is 0. The smallest absolute Gasteiger partial charge is 0.121 e. The maximum Gasteiger partial charge on any atom is 0.121 e. The van der Waals surface area contributed by atoms with Crippen LogP contribution in [0.1, 0.15) is 5.56 Å². The lowest BCUT2D eigenvalue weighted by molar-refractivity contribution is 1.28. The van der Waals surface area contributed by atoms with Gasteiger partial charge in [0.15, 0.2) is 0 Å². The zero-order valence-corrected chi connectivity index (χ0v) is 8.65. The van der Waals surface area contributed by atoms with Gasteiger partial charge in [-0.15, -0.1) is 11.3 Å². The lowest BCUT2D eigenvalue weighted by Crippen LogP contribution is -1.84. The lowest BCUT2D eigenvalue weighted by Gasteiger charge is -1.97. The third-order valence-electron chi connectivity index (χ3n) is 1.73. The Balaban J connectivity index is 2.55. The number of hydrogen-bond donors (Lipinski definition) is 1. The molecule has 0 spiro atoms. The van der Waals surface area contributed by atoms with Crippen molar-refractivity contribution in [3.05, 3.63) is 34.0 Å². The van der Waals surface area contributed by atoms with E-state index in [4.69, 9.17) is 17.5 Å². The fraction of sp³-hybridized carbons (Fsp3) is 0. The maximum atomic E-state index is 8.69. The number of nitrogens with one attached hydrogen (secondary N) is 1. The van der Waals surface area contributed by atoms with Gasteiger partial charge in [-0.05, 0) is 12.1 Å². The molecule has 14 heavy (non-hydrogen) atoms. The molecular formula is C9H5N3S2. The minimum absolute atomic E-state index is 0.471. The number of pyridine rings is 1. The van der Waals surface area contributed by atoms with Crippen molar-refractivity contribution in [2.24, 2.45) is 0 Å². The van der Waals surface area contributed by atoms with E-state index in [1.54, 1.807) is 17.8 Å². The van der Waals surface area contributed by atoms with E-state index in [9.17, 15) is 0 Å². The summed E-state index contributed by atoms with van der Waals surface area (Å²) >= 11 is 6.55. The van der Waals surface area contributed by atoms with Crippen LogP contribution in [0.4, 0.5) is 0 Å². The van der Waals surface area contributed by atoms with E-state index in [0.29, 0.717) is 10.2 Å². The Morgan fingerprint density at radius 3 is 2.93 bits per heavy atom. The fourth-order valence-electron chi connectivity index (χ4n) is 1.05. The number of hydrogen-bond acceptors (Lipinski definition) is 4. The van der Waals surface area contributed by atoms with Crippen molar-refractivity contribution < 1.29 is 0 Å². The second kappa shape index (κ2) is 3.70. The molecule has 0 aliphatic heterocycles. The first-order valence-electron chi connectivity index (χ1n) is 3.83. The van der Waals surface area contributed by atoms with Gasteiger partial charge in [-0.1, -0.05) is 12.2 Å². The molecule has 0 aromatic carbocycles. The number of rotatable bonds is 1. The third kappa shape index (κ3) is 1.58. The Morgan fingerprint density at radius 2 is 2.36 bits per heavy atom. The zero-order valence-electron chi connectivity index (χ0n) is 7.02. The number of nitriles is 1. The Hall–Kier alpha value is -1.51. The maximum absolute atomic E-state index is 8.69. The molecule has 0 amide bonds. The van der Waals surface area contributed by atoms with E-state index in [1.165, 1.54) is 11.3 Å². The molecule has 0 bridgehead atoms. The third-order valence-corrected chi connectivity index (χ3v) is 2.86. The second-order valence-corrected chi connectivity index (χ2v) is 3.89. The van der Waals surface area contributed by atoms with Gasteiger partial charge in [-0.3, -0.25) is 4.98 Å². The van der Waals surface area contributed by atoms with Gasteiger partial charge < -0.3 is 4.98 Å². The second-order valence-electron chi connectivity index (χ2n) is 2.59. The topological polar surface area (TPSA) is 52.5 Å². The minimum Gasteiger partial charge on any atom is -0.344 e. The molecule has 0 atom stereocenters. The highest BCUT2D eigenvalue weighted by molar-refractivity contribution is 7.71. The van der Waals surface area contributed by atoms with Crippen molar-refractivity contribution in [1.29, 1.82) is 5.26 Å². The molecule has 0 aliphatic carbocycles. The Kier molecular flexibility index (Phi) is 2.39. The van der Waals surface area contributed by atoms with Crippen LogP contribution < -0.4 is 0 Å². The van der Waals surface area contributed by atoms with E-state index in [0.717, 1.165) is 10.6 Å². The molecule has 0 radical (unpaired) electrons. The summed E-state index contributed by atoms with van der Waals surface area (Å²) in [4.78, 5) is 7.98. The first-order valence-corrected chi connectivity index (χ1v) is 5.12. The van der Waals surface area contributed by atoms with Crippen LogP contribution in [0.25, 0.3) is 10.6 Å². The van der Waals surface area contributed by atoms with Crippen LogP contribution in [0, 0.1) is 16.0 Å². The van der Waals surface area contributed by atoms with Gasteiger partial charge in [0, 0.05) is 6.20 Å². The van der Waals surface area contributed by atoms with Gasteiger partial charge in [0.2, 0.25) is 0 Å². The summed E-state index contributed by atoms with van der Waals surface area (Å²) < 4.78 is 0.471. The van der Waals surface area contributed by atoms with Crippen molar-refractivity contribution in [2.45, 2.75) is 0 Å². The van der Waals surface area contributed by atoms with Crippen LogP contribution in [0.2, 0.25) is 0 Å². The van der Waals surface area contributed by atoms with E-state index in [1.807, 2.05) is 12.1 Å². The number of aromatic nitrogens is 2. The van der Waals surface area contributed by atoms with Gasteiger partial charge in [0.05, 0.1) is 21.6 Å². The first-order chi connectivity index (χ1) is 6.81. The number of nitrogens with zero attached hydrogens (tertiary/aromatic N) is 2. The van der Waals surface area contributed by atoms with Crippen LogP contribution in [0.5, 0.6) is 0 Å². The van der Waals surface area contributed by atoms with Crippen LogP contribution in [0.15, 0.2) is 23.8 Å². The summed E-state index contributed by atoms with van der Waals surface area (Å²) in [5.41, 5.74) is 3.15. The van der Waals surface area contributed by atoms with Crippen molar-refractivity contribution >= 4 is 23.6 Å². The lowest BCUT2D eigenvalue weighted by atomic mass is 10.2. The molecule has 2 aromatic rings. The van der Waals surface area contributed by atoms with Crippen molar-refractivity contribution in [3.63, 3.8) is 0 Å². The van der Waals surface area contributed by atoms with Gasteiger partial charge in [-0.25, -0.2) is 0 Å². The standard InChI is InChI=1S/C9H5N3S2/c10-3-6-1-2-7(12-9(6)13)8-4-11-5-14-8/h1-2,4-5H,(H,12,13). The summed E-state index contributed by atoms with van der Waals surface area (Å²) in [5, 5.41) is 8.69. The first kappa shape index (κ1) is 9.06. The van der Waals surface area contributed by atoms with Gasteiger partial charge in [0.25, 0.3) is 0 Å². The molecule has 68 valence electrons. The highest BCUT2D eigenvalue weighted by Gasteiger charge is 2.01. The number of H-pyrrole nitrogens is 1. The highest BCUT2D eigenvalue weighted by Crippen LogP contribution is 2.21. The van der Waals surface area contributed by atoms with E-state index >= 15 is 0 Å². The zero-order chi connectivity index (χ0) is 9.97. The molecule has 0 unspecified atom stereocenters. The van der Waals surface area contributed by atoms with E-state index in [2.05, 4.69) is 9.97 Å². The SMILES string of the molecule is N#Cc1ccc(-c2cncs2)[nH]c1=S. The molecule has 0 saturated carbocycles. The average molecular weight is 219 g/mol. The van der Waals surface area contributed by atoms with E-state index in [-0.39, 0.29) is 0 Å². The summed E-state index contributed by atoms with van der Waals surface area (Å²) in [6, 6.07) is 5.57. The minimum atomic E-state index is 0.471. The Morgan fingerprint density at radius 1 is 1.50 bits per heavy atom. The monoisotopic (exact) mass is 219 g/mol. The predicted octanol–water partition coefficient (Wildman–Crippen LogP) is 2.74. The number of thiazole rings is 1. The molecule has 3 nitrogen and oxygen atoms in total. The van der Waals surface area contributed by atoms with Gasteiger partial charge in [0.1, 0.15) is 10.7 Å². The molecule has 5 heteroatoms. The molecule has 0 aliphatic rings. The Labute approximate surface area is 89.7 Å². The fourth-order valence-corrected chi connectivity index (χ4v) is 1.88. The van der Waals surface area contributed by atoms with E-state index < -0.39 is 0 Å². The van der Waals surface area contributed by atoms with Gasteiger partial charge >= 0.3 is 0 Å². The largest absolute Gasteiger partial charge is 0.344 e. The normalized spacial score (nSPS) is 9.64. The van der Waals surface area contributed by atoms with Crippen LogP contribution >= 0.6 is 23.6 Å². The molecule has 2 aromatic heterocycles. The molecule has 1 N–H and O–H groups in total. The van der Waals surface area contributed by atoms with Crippen molar-refractivity contribution in [1.82, 2.24) is 9.97 Å².